The smallest absolute Gasteiger partial charge is 0.189 e. The van der Waals surface area contributed by atoms with Crippen molar-refractivity contribution in [2.75, 3.05) is 11.6 Å². The molecule has 6 nitrogen and oxygen atoms in total. The number of hydrogen-bond donors (Lipinski definition) is 2. The number of nitrogens with zero attached hydrogens (tertiary/aromatic N) is 2. The predicted octanol–water partition coefficient (Wildman–Crippen LogP) is 3.39. The Kier molecular flexibility index (Phi) is 4.99. The number of aromatic amines is 1. The van der Waals surface area contributed by atoms with Crippen LogP contribution in [-0.2, 0) is 0 Å². The summed E-state index contributed by atoms with van der Waals surface area (Å²) >= 11 is 1.27. The Bertz CT molecular complexity index is 973. The summed E-state index contributed by atoms with van der Waals surface area (Å²) in [5.41, 5.74) is 4.20. The molecule has 0 saturated carbocycles. The summed E-state index contributed by atoms with van der Waals surface area (Å²) in [5, 5.41) is 0.560. The molecule has 3 rings (SSSR count). The fourth-order valence-electron chi connectivity index (χ4n) is 2.99. The van der Waals surface area contributed by atoms with Crippen LogP contribution in [-0.4, -0.2) is 32.0 Å². The first kappa shape index (κ1) is 18.0. The number of nitrogens with one attached hydrogen (secondary N) is 1. The van der Waals surface area contributed by atoms with E-state index in [9.17, 15) is 9.59 Å². The van der Waals surface area contributed by atoms with Crippen molar-refractivity contribution < 1.29 is 9.59 Å². The number of nitrogens with two attached hydrogens (primary N) is 1. The lowest BCUT2D eigenvalue weighted by Gasteiger charge is -2.01. The van der Waals surface area contributed by atoms with Crippen molar-refractivity contribution >= 4 is 23.3 Å². The molecule has 0 aliphatic heterocycles. The summed E-state index contributed by atoms with van der Waals surface area (Å²) in [6.07, 6.45) is 1.74. The number of aromatic nitrogens is 3. The lowest BCUT2D eigenvalue weighted by atomic mass is 10.1. The van der Waals surface area contributed by atoms with Gasteiger partial charge in [0.15, 0.2) is 16.7 Å². The molecule has 0 bridgehead atoms. The number of thioether (sulfide) groups is 1. The van der Waals surface area contributed by atoms with Crippen molar-refractivity contribution in [1.82, 2.24) is 14.6 Å². The summed E-state index contributed by atoms with van der Waals surface area (Å²) in [6.45, 7) is 5.09. The highest BCUT2D eigenvalue weighted by Gasteiger charge is 2.20. The molecule has 7 heteroatoms. The Morgan fingerprint density at radius 3 is 2.54 bits per heavy atom. The lowest BCUT2D eigenvalue weighted by Crippen LogP contribution is -2.10. The first-order valence-electron chi connectivity index (χ1n) is 8.14. The maximum absolute atomic E-state index is 12.6. The highest BCUT2D eigenvalue weighted by atomic mass is 32.2. The summed E-state index contributed by atoms with van der Waals surface area (Å²) in [6, 6.07) is 9.72. The van der Waals surface area contributed by atoms with Crippen LogP contribution in [0.5, 0.6) is 0 Å². The van der Waals surface area contributed by atoms with E-state index in [2.05, 4.69) is 9.97 Å². The molecule has 134 valence electrons. The number of hydrogen-bond acceptors (Lipinski definition) is 5. The van der Waals surface area contributed by atoms with Crippen LogP contribution in [0.1, 0.15) is 39.0 Å². The van der Waals surface area contributed by atoms with Crippen molar-refractivity contribution in [3.8, 4) is 11.3 Å². The minimum absolute atomic E-state index is 0.0482. The van der Waals surface area contributed by atoms with Crippen molar-refractivity contribution in [2.45, 2.75) is 25.9 Å². The van der Waals surface area contributed by atoms with Gasteiger partial charge < -0.3 is 10.8 Å². The molecule has 0 amide bonds. The lowest BCUT2D eigenvalue weighted by molar-refractivity contribution is 0.101. The zero-order valence-corrected chi connectivity index (χ0v) is 15.7. The molecule has 0 radical (unpaired) electrons. The monoisotopic (exact) mass is 368 g/mol. The quantitative estimate of drug-likeness (QED) is 0.395. The summed E-state index contributed by atoms with van der Waals surface area (Å²) < 4.78 is 1.42. The van der Waals surface area contributed by atoms with E-state index in [0.717, 1.165) is 17.0 Å². The van der Waals surface area contributed by atoms with Gasteiger partial charge in [0.05, 0.1) is 23.3 Å². The Hall–Kier alpha value is -2.80. The minimum Gasteiger partial charge on any atom is -0.355 e. The van der Waals surface area contributed by atoms with Crippen LogP contribution < -0.4 is 5.84 Å². The fraction of sp³-hybridized carbons (Fsp3) is 0.211. The van der Waals surface area contributed by atoms with Crippen LogP contribution >= 0.6 is 11.8 Å². The van der Waals surface area contributed by atoms with Gasteiger partial charge in [-0.1, -0.05) is 42.1 Å². The Balaban J connectivity index is 1.76. The van der Waals surface area contributed by atoms with Gasteiger partial charge in [0.1, 0.15) is 0 Å². The van der Waals surface area contributed by atoms with Crippen molar-refractivity contribution in [3.05, 3.63) is 59.0 Å². The number of carbonyl (C=O) groups is 2. The molecule has 0 saturated heterocycles. The van der Waals surface area contributed by atoms with Gasteiger partial charge in [-0.05, 0) is 26.3 Å². The van der Waals surface area contributed by atoms with Gasteiger partial charge in [0, 0.05) is 16.8 Å². The molecule has 2 aromatic heterocycles. The van der Waals surface area contributed by atoms with Gasteiger partial charge in [0.2, 0.25) is 0 Å². The third-order valence-corrected chi connectivity index (χ3v) is 5.14. The predicted molar refractivity (Wildman–Crippen MR) is 103 cm³/mol. The molecule has 3 N–H and O–H groups in total. The molecule has 0 unspecified atom stereocenters. The molecule has 2 heterocycles. The first-order chi connectivity index (χ1) is 12.4. The number of H-pyrrole nitrogens is 1. The summed E-state index contributed by atoms with van der Waals surface area (Å²) in [5.74, 6) is 6.01. The van der Waals surface area contributed by atoms with Gasteiger partial charge in [-0.3, -0.25) is 9.59 Å². The SMILES string of the molecule is CC(=O)c1c(C)[nH]c(C(=O)CSc2nc(-c3ccccc3)cn2N)c1C. The van der Waals surface area contributed by atoms with E-state index in [0.29, 0.717) is 22.0 Å². The van der Waals surface area contributed by atoms with Crippen molar-refractivity contribution in [1.29, 1.82) is 0 Å². The molecular weight excluding hydrogens is 348 g/mol. The number of carbonyl (C=O) groups excluding carboxylic acids is 2. The number of rotatable bonds is 6. The number of aryl methyl sites for hydroxylation is 1. The first-order valence-corrected chi connectivity index (χ1v) is 9.13. The largest absolute Gasteiger partial charge is 0.355 e. The Morgan fingerprint density at radius 2 is 1.92 bits per heavy atom. The van der Waals surface area contributed by atoms with Gasteiger partial charge in [-0.15, -0.1) is 0 Å². The topological polar surface area (TPSA) is 93.8 Å². The molecular formula is C19H20N4O2S. The van der Waals surface area contributed by atoms with Gasteiger partial charge in [-0.25, -0.2) is 9.66 Å². The van der Waals surface area contributed by atoms with Crippen LogP contribution in [0.15, 0.2) is 41.7 Å². The Morgan fingerprint density at radius 1 is 1.23 bits per heavy atom. The third-order valence-electron chi connectivity index (χ3n) is 4.17. The van der Waals surface area contributed by atoms with Crippen LogP contribution in [0.4, 0.5) is 0 Å². The van der Waals surface area contributed by atoms with Gasteiger partial charge >= 0.3 is 0 Å². The second-order valence-corrected chi connectivity index (χ2v) is 7.02. The Labute approximate surface area is 155 Å². The minimum atomic E-state index is -0.0904. The van der Waals surface area contributed by atoms with E-state index in [1.807, 2.05) is 30.3 Å². The normalized spacial score (nSPS) is 10.9. The van der Waals surface area contributed by atoms with Crippen molar-refractivity contribution in [2.24, 2.45) is 0 Å². The molecule has 0 fully saturated rings. The highest BCUT2D eigenvalue weighted by molar-refractivity contribution is 7.99. The zero-order valence-electron chi connectivity index (χ0n) is 14.9. The van der Waals surface area contributed by atoms with Crippen molar-refractivity contribution in [3.63, 3.8) is 0 Å². The standard InChI is InChI=1S/C19H20N4O2S/c1-11-17(13(3)24)12(2)21-18(11)16(25)10-26-19-22-15(9-23(19)20)14-7-5-4-6-8-14/h4-9,21H,10,20H2,1-3H3. The van der Waals surface area contributed by atoms with E-state index >= 15 is 0 Å². The third kappa shape index (κ3) is 3.43. The van der Waals surface area contributed by atoms with Crippen LogP contribution in [0.25, 0.3) is 11.3 Å². The maximum Gasteiger partial charge on any atom is 0.189 e. The molecule has 26 heavy (non-hydrogen) atoms. The van der Waals surface area contributed by atoms with Gasteiger partial charge in [-0.2, -0.15) is 0 Å². The van der Waals surface area contributed by atoms with E-state index < -0.39 is 0 Å². The van der Waals surface area contributed by atoms with E-state index in [-0.39, 0.29) is 17.3 Å². The second kappa shape index (κ2) is 7.21. The molecule has 0 atom stereocenters. The number of nitrogen functional groups attached to an aromatic ring is 1. The number of Topliss-reactive ketones (excluding diaryl/α,β-unsaturated/α-hetero) is 2. The van der Waals surface area contributed by atoms with Crippen LogP contribution in [0.3, 0.4) is 0 Å². The fourth-order valence-corrected chi connectivity index (χ4v) is 3.76. The number of benzene rings is 1. The summed E-state index contributed by atoms with van der Waals surface area (Å²) in [7, 11) is 0. The molecule has 0 spiro atoms. The van der Waals surface area contributed by atoms with E-state index in [4.69, 9.17) is 5.84 Å². The van der Waals surface area contributed by atoms with Crippen LogP contribution in [0, 0.1) is 13.8 Å². The highest BCUT2D eigenvalue weighted by Crippen LogP contribution is 2.25. The van der Waals surface area contributed by atoms with E-state index in [1.165, 1.54) is 23.4 Å². The average Bonchev–Trinajstić information content (AvgIpc) is 3.13. The molecule has 1 aromatic carbocycles. The molecule has 3 aromatic rings. The summed E-state index contributed by atoms with van der Waals surface area (Å²) in [4.78, 5) is 31.8. The average molecular weight is 368 g/mol. The van der Waals surface area contributed by atoms with Gasteiger partial charge in [0.25, 0.3) is 0 Å². The van der Waals surface area contributed by atoms with E-state index in [1.54, 1.807) is 20.0 Å². The van der Waals surface area contributed by atoms with Crippen LogP contribution in [0.2, 0.25) is 0 Å². The second-order valence-electron chi connectivity index (χ2n) is 6.08. The number of ketones is 2. The zero-order chi connectivity index (χ0) is 18.8. The number of imidazole rings is 1. The molecule has 0 aliphatic carbocycles. The maximum atomic E-state index is 12.6. The molecule has 0 aliphatic rings.